The highest BCUT2D eigenvalue weighted by molar-refractivity contribution is 5.99. The molecule has 404 valence electrons. The van der Waals surface area contributed by atoms with Gasteiger partial charge in [0.15, 0.2) is 0 Å². The Morgan fingerprint density at radius 1 is 0.500 bits per heavy atom. The first-order chi connectivity index (χ1) is 36.1. The lowest BCUT2D eigenvalue weighted by Gasteiger charge is -2.29. The number of carbonyl (C=O) groups excluding carboxylic acids is 8. The molecule has 0 aliphatic heterocycles. The van der Waals surface area contributed by atoms with Crippen LogP contribution in [0.4, 0.5) is 0 Å². The van der Waals surface area contributed by atoms with Crippen LogP contribution in [0.2, 0.25) is 0 Å². The molecule has 0 aliphatic rings. The number of benzene rings is 4. The molecule has 24 heteroatoms. The van der Waals surface area contributed by atoms with Crippen molar-refractivity contribution in [2.24, 2.45) is 11.5 Å². The van der Waals surface area contributed by atoms with E-state index in [0.29, 0.717) is 27.6 Å². The summed E-state index contributed by atoms with van der Waals surface area (Å²) in [6.07, 6.45) is -3.47. The van der Waals surface area contributed by atoms with E-state index in [1.165, 1.54) is 55.5 Å². The lowest BCUT2D eigenvalue weighted by molar-refractivity contribution is -0.142. The molecule has 9 atom stereocenters. The highest BCUT2D eigenvalue weighted by Gasteiger charge is 2.37. The van der Waals surface area contributed by atoms with E-state index >= 15 is 0 Å². The fourth-order valence-electron chi connectivity index (χ4n) is 7.98. The van der Waals surface area contributed by atoms with E-state index in [4.69, 9.17) is 11.5 Å². The van der Waals surface area contributed by atoms with Gasteiger partial charge in [0.05, 0.1) is 25.2 Å². The second-order valence-electron chi connectivity index (χ2n) is 18.0. The number of para-hydroxylation sites is 1. The van der Waals surface area contributed by atoms with E-state index in [2.05, 4.69) is 42.2 Å². The third-order valence-corrected chi connectivity index (χ3v) is 12.0. The molecule has 0 aliphatic carbocycles. The van der Waals surface area contributed by atoms with Gasteiger partial charge in [-0.15, -0.1) is 0 Å². The van der Waals surface area contributed by atoms with Gasteiger partial charge in [-0.3, -0.25) is 38.4 Å². The minimum absolute atomic E-state index is 0.0602. The summed E-state index contributed by atoms with van der Waals surface area (Å²) in [4.78, 5) is 124. The molecule has 0 spiro atoms. The fourth-order valence-corrected chi connectivity index (χ4v) is 7.98. The average Bonchev–Trinajstić information content (AvgIpc) is 3.79. The van der Waals surface area contributed by atoms with Crippen LogP contribution < -0.4 is 48.7 Å². The number of hydrogen-bond donors (Lipinski definition) is 15. The predicted octanol–water partition coefficient (Wildman–Crippen LogP) is -2.08. The summed E-state index contributed by atoms with van der Waals surface area (Å²) >= 11 is 0. The molecule has 5 aromatic rings. The number of amides is 8. The first-order valence-electron chi connectivity index (χ1n) is 24.0. The van der Waals surface area contributed by atoms with Gasteiger partial charge in [-0.05, 0) is 66.4 Å². The number of aliphatic hydroxyl groups excluding tert-OH is 2. The number of carbonyl (C=O) groups is 9. The third kappa shape index (κ3) is 17.1. The molecule has 1 aromatic heterocycles. The Morgan fingerprint density at radius 3 is 1.38 bits per heavy atom. The number of fused-ring (bicyclic) bond motifs is 1. The van der Waals surface area contributed by atoms with Crippen molar-refractivity contribution in [1.29, 1.82) is 0 Å². The number of phenolic OH excluding ortho intramolecular Hbond substituents is 2. The van der Waals surface area contributed by atoms with E-state index in [1.807, 2.05) is 0 Å². The molecule has 0 saturated carbocycles. The number of nitrogens with one attached hydrogen (secondary N) is 8. The topological polar surface area (TPSA) is 407 Å². The number of aromatic nitrogens is 1. The number of primary amides is 1. The third-order valence-electron chi connectivity index (χ3n) is 12.0. The van der Waals surface area contributed by atoms with Crippen molar-refractivity contribution >= 4 is 64.1 Å². The van der Waals surface area contributed by atoms with Gasteiger partial charge in [0.25, 0.3) is 0 Å². The number of aliphatic hydroxyl groups is 2. The van der Waals surface area contributed by atoms with Gasteiger partial charge in [0.2, 0.25) is 47.3 Å². The van der Waals surface area contributed by atoms with Crippen LogP contribution in [0, 0.1) is 0 Å². The largest absolute Gasteiger partial charge is 0.508 e. The quantitative estimate of drug-likeness (QED) is 0.0269. The Morgan fingerprint density at radius 2 is 0.908 bits per heavy atom. The zero-order valence-corrected chi connectivity index (χ0v) is 41.4. The van der Waals surface area contributed by atoms with Gasteiger partial charge in [-0.25, -0.2) is 4.79 Å². The number of nitrogens with two attached hydrogens (primary N) is 2. The summed E-state index contributed by atoms with van der Waals surface area (Å²) < 4.78 is 0. The maximum atomic E-state index is 14.2. The minimum Gasteiger partial charge on any atom is -0.508 e. The zero-order valence-electron chi connectivity index (χ0n) is 41.4. The number of phenols is 2. The van der Waals surface area contributed by atoms with Crippen LogP contribution >= 0.6 is 0 Å². The van der Waals surface area contributed by atoms with Gasteiger partial charge in [0.1, 0.15) is 53.8 Å². The van der Waals surface area contributed by atoms with Crippen molar-refractivity contribution in [3.8, 4) is 11.5 Å². The van der Waals surface area contributed by atoms with Crippen molar-refractivity contribution in [1.82, 2.24) is 42.2 Å². The lowest BCUT2D eigenvalue weighted by Crippen LogP contribution is -2.63. The Bertz CT molecular complexity index is 2840. The van der Waals surface area contributed by atoms with Crippen LogP contribution in [0.1, 0.15) is 42.5 Å². The van der Waals surface area contributed by atoms with E-state index in [9.17, 15) is 68.7 Å². The Hall–Kier alpha value is -8.87. The number of rotatable bonds is 27. The molecule has 24 nitrogen and oxygen atoms in total. The molecule has 17 N–H and O–H groups in total. The maximum absolute atomic E-state index is 14.2. The van der Waals surface area contributed by atoms with Crippen molar-refractivity contribution < 1.29 is 68.7 Å². The SMILES string of the molecule is C[C@@H](O)[C@H](NC(=O)[C@H](Cc1ccccc1)NC(=O)[C@@H](NC(=O)[C@H](Cc1ccc(O)cc1)NC(=O)CN)[C@@H](C)O)C(=O)N[C@@H](CC(N)=O)C(=O)N[C@@H](Cc1ccc(O)cc1)C(=O)N[C@@H](Cc1c[nH]c2ccccc12)C(=O)O. The second-order valence-corrected chi connectivity index (χ2v) is 18.0. The molecule has 5 rings (SSSR count). The number of aliphatic carboxylic acids is 1. The molecule has 0 saturated heterocycles. The van der Waals surface area contributed by atoms with Gasteiger partial charge in [0, 0.05) is 42.8 Å². The number of aromatic hydroxyl groups is 2. The van der Waals surface area contributed by atoms with Crippen LogP contribution in [0.25, 0.3) is 10.9 Å². The summed E-state index contributed by atoms with van der Waals surface area (Å²) in [6.45, 7) is 1.80. The number of hydrogen-bond acceptors (Lipinski definition) is 14. The molecular formula is C52H62N10O14. The van der Waals surface area contributed by atoms with Gasteiger partial charge in [-0.1, -0.05) is 72.8 Å². The molecule has 8 amide bonds. The standard InChI is InChI=1S/C52H62N10O14/c1-27(63)44(61-48(71)37(56-43(68)25-53)21-30-12-16-33(65)17-13-30)50(73)58-39(20-29-8-4-3-5-9-29)49(72)62-45(28(2)64)51(74)59-40(24-42(54)67)47(70)57-38(22-31-14-18-34(66)19-15-31)46(69)60-41(52(75)76)23-32-26-55-36-11-7-6-10-35(32)36/h3-19,26-28,37-41,44-45,55,63-66H,20-25,53H2,1-2H3,(H2,54,67)(H,56,68)(H,57,70)(H,58,73)(H,59,74)(H,60,69)(H,61,71)(H,62,72)(H,75,76)/t27-,28-,37+,38+,39+,40+,41+,44+,45+/m1/s1. The fraction of sp³-hybridized carbons (Fsp3) is 0.327. The van der Waals surface area contributed by atoms with Crippen molar-refractivity contribution in [3.63, 3.8) is 0 Å². The van der Waals surface area contributed by atoms with E-state index in [-0.39, 0.29) is 37.2 Å². The number of carboxylic acids is 1. The van der Waals surface area contributed by atoms with Gasteiger partial charge < -0.3 is 79.2 Å². The molecule has 0 fully saturated rings. The lowest BCUT2D eigenvalue weighted by atomic mass is 10.0. The summed E-state index contributed by atoms with van der Waals surface area (Å²) in [7, 11) is 0. The Kier molecular flexibility index (Phi) is 20.9. The van der Waals surface area contributed by atoms with Crippen LogP contribution in [0.3, 0.4) is 0 Å². The van der Waals surface area contributed by atoms with Crippen molar-refractivity contribution in [2.75, 3.05) is 6.54 Å². The summed E-state index contributed by atoms with van der Waals surface area (Å²) in [5.41, 5.74) is 13.6. The van der Waals surface area contributed by atoms with Crippen LogP contribution in [-0.2, 0) is 68.8 Å². The van der Waals surface area contributed by atoms with E-state index < -0.39 is 121 Å². The highest BCUT2D eigenvalue weighted by atomic mass is 16.4. The van der Waals surface area contributed by atoms with Gasteiger partial charge >= 0.3 is 5.97 Å². The van der Waals surface area contributed by atoms with E-state index in [0.717, 1.165) is 12.4 Å². The average molecular weight is 1050 g/mol. The summed E-state index contributed by atoms with van der Waals surface area (Å²) in [5, 5.41) is 69.0. The van der Waals surface area contributed by atoms with E-state index in [1.54, 1.807) is 60.8 Å². The zero-order chi connectivity index (χ0) is 55.6. The first kappa shape index (κ1) is 58.0. The number of H-pyrrole nitrogens is 1. The molecule has 4 aromatic carbocycles. The van der Waals surface area contributed by atoms with Crippen molar-refractivity contribution in [2.45, 2.75) is 100 Å². The van der Waals surface area contributed by atoms with Crippen molar-refractivity contribution in [3.05, 3.63) is 132 Å². The minimum atomic E-state index is -1.91. The molecular weight excluding hydrogens is 989 g/mol. The molecule has 76 heavy (non-hydrogen) atoms. The summed E-state index contributed by atoms with van der Waals surface area (Å²) in [6, 6.07) is 14.9. The predicted molar refractivity (Wildman–Crippen MR) is 273 cm³/mol. The Balaban J connectivity index is 1.35. The monoisotopic (exact) mass is 1050 g/mol. The molecule has 0 unspecified atom stereocenters. The number of carboxylic acid groups (broad SMARTS) is 1. The van der Waals surface area contributed by atoms with Crippen LogP contribution in [0.5, 0.6) is 11.5 Å². The maximum Gasteiger partial charge on any atom is 0.326 e. The number of aromatic amines is 1. The Labute approximate surface area is 435 Å². The first-order valence-corrected chi connectivity index (χ1v) is 24.0. The van der Waals surface area contributed by atoms with Gasteiger partial charge in [-0.2, -0.15) is 0 Å². The smallest absolute Gasteiger partial charge is 0.326 e. The second kappa shape index (κ2) is 27.4. The molecule has 1 heterocycles. The highest BCUT2D eigenvalue weighted by Crippen LogP contribution is 2.20. The van der Waals surface area contributed by atoms with Crippen LogP contribution in [-0.4, -0.2) is 145 Å². The van der Waals surface area contributed by atoms with Crippen LogP contribution in [0.15, 0.2) is 109 Å². The summed E-state index contributed by atoms with van der Waals surface area (Å²) in [5.74, 6) is -9.92. The molecule has 0 bridgehead atoms. The molecule has 0 radical (unpaired) electrons. The normalized spacial score (nSPS) is 14.6.